The van der Waals surface area contributed by atoms with Gasteiger partial charge < -0.3 is 15.5 Å². The Balaban J connectivity index is 2.04. The predicted molar refractivity (Wildman–Crippen MR) is 124 cm³/mol. The number of hydrogen-bond donors (Lipinski definition) is 3. The van der Waals surface area contributed by atoms with Gasteiger partial charge in [0.05, 0.1) is 4.75 Å². The molecule has 1 aromatic rings. The Morgan fingerprint density at radius 3 is 2.19 bits per heavy atom. The van der Waals surface area contributed by atoms with Crippen LogP contribution >= 0.6 is 0 Å². The van der Waals surface area contributed by atoms with Crippen LogP contribution in [0.2, 0.25) is 0 Å². The van der Waals surface area contributed by atoms with Gasteiger partial charge in [0.2, 0.25) is 10.0 Å². The molecule has 0 radical (unpaired) electrons. The van der Waals surface area contributed by atoms with Crippen LogP contribution in [0.1, 0.15) is 68.9 Å². The largest absolute Gasteiger partial charge is 0.350 e. The van der Waals surface area contributed by atoms with E-state index in [0.717, 1.165) is 5.56 Å². The second kappa shape index (κ2) is 9.56. The van der Waals surface area contributed by atoms with Crippen molar-refractivity contribution in [1.29, 1.82) is 0 Å². The molecular formula is C22H36N4O4S. The van der Waals surface area contributed by atoms with Crippen LogP contribution in [0.4, 0.5) is 10.5 Å². The third-order valence-corrected chi connectivity index (χ3v) is 7.62. The number of nitrogens with one attached hydrogen (secondary N) is 3. The first-order valence-electron chi connectivity index (χ1n) is 10.7. The molecule has 0 aliphatic carbocycles. The molecule has 0 atom stereocenters. The van der Waals surface area contributed by atoms with E-state index >= 15 is 0 Å². The van der Waals surface area contributed by atoms with E-state index < -0.39 is 14.8 Å². The Bertz CT molecular complexity index is 928. The van der Waals surface area contributed by atoms with Crippen molar-refractivity contribution in [2.45, 2.75) is 78.1 Å². The summed E-state index contributed by atoms with van der Waals surface area (Å²) in [7, 11) is -3.42. The fraction of sp³-hybridized carbons (Fsp3) is 0.636. The van der Waals surface area contributed by atoms with Crippen LogP contribution in [0.25, 0.3) is 0 Å². The molecule has 2 rings (SSSR count). The van der Waals surface area contributed by atoms with Gasteiger partial charge in [-0.15, -0.1) is 0 Å². The van der Waals surface area contributed by atoms with Crippen molar-refractivity contribution in [2.24, 2.45) is 0 Å². The first kappa shape index (κ1) is 25.1. The first-order chi connectivity index (χ1) is 14.2. The van der Waals surface area contributed by atoms with Crippen molar-refractivity contribution in [3.63, 3.8) is 0 Å². The molecule has 0 aromatic heterocycles. The Hall–Kier alpha value is -2.13. The predicted octanol–water partition coefficient (Wildman–Crippen LogP) is 3.16. The van der Waals surface area contributed by atoms with Gasteiger partial charge >= 0.3 is 6.03 Å². The van der Waals surface area contributed by atoms with Crippen LogP contribution in [0.3, 0.4) is 0 Å². The van der Waals surface area contributed by atoms with Gasteiger partial charge in [-0.2, -0.15) is 0 Å². The van der Waals surface area contributed by atoms with Gasteiger partial charge in [-0.05, 0) is 84.6 Å². The number of amides is 3. The zero-order valence-corrected chi connectivity index (χ0v) is 20.4. The lowest BCUT2D eigenvalue weighted by Crippen LogP contribution is -2.50. The van der Waals surface area contributed by atoms with Gasteiger partial charge in [0.25, 0.3) is 5.91 Å². The molecule has 0 bridgehead atoms. The maximum absolute atomic E-state index is 12.8. The maximum Gasteiger partial charge on any atom is 0.321 e. The molecule has 1 aliphatic rings. The van der Waals surface area contributed by atoms with E-state index in [-0.39, 0.29) is 24.0 Å². The van der Waals surface area contributed by atoms with E-state index in [4.69, 9.17) is 0 Å². The molecule has 1 aliphatic heterocycles. The van der Waals surface area contributed by atoms with Crippen molar-refractivity contribution >= 4 is 27.6 Å². The number of aryl methyl sites for hydroxylation is 1. The maximum atomic E-state index is 12.8. The molecule has 0 spiro atoms. The summed E-state index contributed by atoms with van der Waals surface area (Å²) in [6, 6.07) is 3.25. The van der Waals surface area contributed by atoms with E-state index in [2.05, 4.69) is 15.4 Å². The molecular weight excluding hydrogens is 416 g/mol. The fourth-order valence-electron chi connectivity index (χ4n) is 3.36. The second-order valence-electron chi connectivity index (χ2n) is 9.54. The van der Waals surface area contributed by atoms with E-state index in [9.17, 15) is 18.0 Å². The molecule has 0 saturated carbocycles. The van der Waals surface area contributed by atoms with Gasteiger partial charge in [-0.1, -0.05) is 0 Å². The zero-order valence-electron chi connectivity index (χ0n) is 19.6. The molecule has 1 heterocycles. The zero-order chi connectivity index (χ0) is 23.6. The highest BCUT2D eigenvalue weighted by Gasteiger charge is 2.33. The summed E-state index contributed by atoms with van der Waals surface area (Å²) in [6.45, 7) is 13.4. The molecule has 174 valence electrons. The Kier molecular flexibility index (Phi) is 7.75. The van der Waals surface area contributed by atoms with Crippen molar-refractivity contribution in [1.82, 2.24) is 14.9 Å². The standard InChI is InChI=1S/C22H36N4O4S/c1-14(2)23-20(27)18-12-15(3)13-19(16(18)4)24-21(28)26-10-8-17(9-11-26)25-31(29,30)22(5,6)7/h12-14,17,25H,8-11H2,1-7H3,(H,23,27)(H,24,28). The number of carbonyl (C=O) groups excluding carboxylic acids is 2. The average Bonchev–Trinajstić information content (AvgIpc) is 2.63. The molecule has 1 aromatic carbocycles. The van der Waals surface area contributed by atoms with Crippen molar-refractivity contribution in [3.05, 3.63) is 28.8 Å². The summed E-state index contributed by atoms with van der Waals surface area (Å²) < 4.78 is 26.6. The third kappa shape index (κ3) is 6.43. The van der Waals surface area contributed by atoms with Crippen LogP contribution in [-0.2, 0) is 10.0 Å². The summed E-state index contributed by atoms with van der Waals surface area (Å²) in [5.41, 5.74) is 2.74. The number of sulfonamides is 1. The van der Waals surface area contributed by atoms with Crippen LogP contribution in [0.5, 0.6) is 0 Å². The van der Waals surface area contributed by atoms with Crippen molar-refractivity contribution in [3.8, 4) is 0 Å². The van der Waals surface area contributed by atoms with Crippen LogP contribution < -0.4 is 15.4 Å². The van der Waals surface area contributed by atoms with Gasteiger partial charge in [0, 0.05) is 36.4 Å². The molecule has 31 heavy (non-hydrogen) atoms. The quantitative estimate of drug-likeness (QED) is 0.638. The average molecular weight is 453 g/mol. The monoisotopic (exact) mass is 452 g/mol. The van der Waals surface area contributed by atoms with Gasteiger partial charge in [-0.3, -0.25) is 4.79 Å². The number of hydrogen-bond acceptors (Lipinski definition) is 4. The van der Waals surface area contributed by atoms with Crippen molar-refractivity contribution in [2.75, 3.05) is 18.4 Å². The Labute approximate surface area is 186 Å². The van der Waals surface area contributed by atoms with Crippen LogP contribution in [0, 0.1) is 13.8 Å². The summed E-state index contributed by atoms with van der Waals surface area (Å²) in [6.07, 6.45) is 1.11. The number of urea groups is 1. The minimum atomic E-state index is -3.42. The molecule has 1 fully saturated rings. The number of nitrogens with zero attached hydrogens (tertiary/aromatic N) is 1. The van der Waals surface area contributed by atoms with E-state index in [1.807, 2.05) is 39.8 Å². The minimum Gasteiger partial charge on any atom is -0.350 e. The van der Waals surface area contributed by atoms with Crippen LogP contribution in [0.15, 0.2) is 12.1 Å². The summed E-state index contributed by atoms with van der Waals surface area (Å²) in [4.78, 5) is 27.0. The number of likely N-dealkylation sites (tertiary alicyclic amines) is 1. The number of piperidine rings is 1. The fourth-order valence-corrected chi connectivity index (χ4v) is 4.38. The normalized spacial score (nSPS) is 15.8. The van der Waals surface area contributed by atoms with Gasteiger partial charge in [0.15, 0.2) is 0 Å². The lowest BCUT2D eigenvalue weighted by molar-refractivity contribution is 0.0942. The van der Waals surface area contributed by atoms with E-state index in [1.165, 1.54) is 0 Å². The Morgan fingerprint density at radius 1 is 1.10 bits per heavy atom. The van der Waals surface area contributed by atoms with E-state index in [1.54, 1.807) is 25.7 Å². The van der Waals surface area contributed by atoms with Crippen LogP contribution in [-0.4, -0.2) is 55.2 Å². The van der Waals surface area contributed by atoms with Crippen molar-refractivity contribution < 1.29 is 18.0 Å². The summed E-state index contributed by atoms with van der Waals surface area (Å²) in [5.74, 6) is -0.168. The highest BCUT2D eigenvalue weighted by atomic mass is 32.2. The third-order valence-electron chi connectivity index (χ3n) is 5.37. The smallest absolute Gasteiger partial charge is 0.321 e. The molecule has 0 unspecified atom stereocenters. The highest BCUT2D eigenvalue weighted by Crippen LogP contribution is 2.23. The lowest BCUT2D eigenvalue weighted by atomic mass is 10.0. The van der Waals surface area contributed by atoms with Gasteiger partial charge in [0.1, 0.15) is 0 Å². The SMILES string of the molecule is Cc1cc(NC(=O)N2CCC(NS(=O)(=O)C(C)(C)C)CC2)c(C)c(C(=O)NC(C)C)c1. The summed E-state index contributed by atoms with van der Waals surface area (Å²) >= 11 is 0. The topological polar surface area (TPSA) is 108 Å². The number of benzene rings is 1. The molecule has 8 nitrogen and oxygen atoms in total. The molecule has 9 heteroatoms. The minimum absolute atomic E-state index is 0.0162. The highest BCUT2D eigenvalue weighted by molar-refractivity contribution is 7.90. The Morgan fingerprint density at radius 2 is 1.68 bits per heavy atom. The number of rotatable bonds is 5. The molecule has 3 N–H and O–H groups in total. The number of anilines is 1. The first-order valence-corrected chi connectivity index (χ1v) is 12.2. The van der Waals surface area contributed by atoms with Gasteiger partial charge in [-0.25, -0.2) is 17.9 Å². The summed E-state index contributed by atoms with van der Waals surface area (Å²) in [5, 5.41) is 5.81. The lowest BCUT2D eigenvalue weighted by Gasteiger charge is -2.34. The number of carbonyl (C=O) groups is 2. The molecule has 1 saturated heterocycles. The molecule has 3 amide bonds. The second-order valence-corrected chi connectivity index (χ2v) is 12.0. The van der Waals surface area contributed by atoms with E-state index in [0.29, 0.717) is 42.7 Å².